The van der Waals surface area contributed by atoms with Gasteiger partial charge < -0.3 is 21.1 Å². The summed E-state index contributed by atoms with van der Waals surface area (Å²) < 4.78 is 5.25. The van der Waals surface area contributed by atoms with Crippen molar-refractivity contribution in [1.29, 1.82) is 0 Å². The second-order valence-electron chi connectivity index (χ2n) is 7.98. The van der Waals surface area contributed by atoms with Crippen LogP contribution < -0.4 is 16.4 Å². The molecular formula is C20H31N3O4. The Morgan fingerprint density at radius 1 is 1.04 bits per heavy atom. The predicted molar refractivity (Wildman–Crippen MR) is 104 cm³/mol. The second kappa shape index (κ2) is 9.94. The van der Waals surface area contributed by atoms with Gasteiger partial charge in [0.2, 0.25) is 11.8 Å². The van der Waals surface area contributed by atoms with E-state index in [0.717, 1.165) is 5.56 Å². The van der Waals surface area contributed by atoms with Crippen molar-refractivity contribution in [3.05, 3.63) is 35.9 Å². The molecule has 27 heavy (non-hydrogen) atoms. The van der Waals surface area contributed by atoms with Gasteiger partial charge in [-0.3, -0.25) is 9.59 Å². The minimum absolute atomic E-state index is 0.175. The average molecular weight is 377 g/mol. The van der Waals surface area contributed by atoms with Crippen molar-refractivity contribution in [3.8, 4) is 0 Å². The summed E-state index contributed by atoms with van der Waals surface area (Å²) in [5.41, 5.74) is 5.58. The third kappa shape index (κ3) is 9.08. The number of carbonyl (C=O) groups excluding carboxylic acids is 3. The summed E-state index contributed by atoms with van der Waals surface area (Å²) >= 11 is 0. The topological polar surface area (TPSA) is 111 Å². The van der Waals surface area contributed by atoms with E-state index in [1.807, 2.05) is 44.2 Å². The lowest BCUT2D eigenvalue weighted by atomic mass is 10.0. The smallest absolute Gasteiger partial charge is 0.408 e. The summed E-state index contributed by atoms with van der Waals surface area (Å²) in [7, 11) is 0. The Morgan fingerprint density at radius 3 is 2.11 bits per heavy atom. The lowest BCUT2D eigenvalue weighted by Crippen LogP contribution is -2.54. The molecule has 1 aromatic carbocycles. The molecule has 0 bridgehead atoms. The monoisotopic (exact) mass is 377 g/mol. The van der Waals surface area contributed by atoms with Crippen LogP contribution >= 0.6 is 0 Å². The molecule has 150 valence electrons. The summed E-state index contributed by atoms with van der Waals surface area (Å²) in [5, 5.41) is 5.25. The molecule has 7 nitrogen and oxygen atoms in total. The lowest BCUT2D eigenvalue weighted by Gasteiger charge is -2.25. The Hall–Kier alpha value is -2.57. The van der Waals surface area contributed by atoms with E-state index >= 15 is 0 Å². The van der Waals surface area contributed by atoms with Crippen molar-refractivity contribution >= 4 is 17.9 Å². The Kier molecular flexibility index (Phi) is 8.28. The first-order valence-electron chi connectivity index (χ1n) is 9.11. The van der Waals surface area contributed by atoms with Crippen molar-refractivity contribution in [2.45, 2.75) is 65.1 Å². The van der Waals surface area contributed by atoms with Gasteiger partial charge in [0.1, 0.15) is 17.7 Å². The zero-order valence-corrected chi connectivity index (χ0v) is 16.7. The maximum absolute atomic E-state index is 12.8. The second-order valence-corrected chi connectivity index (χ2v) is 7.98. The Labute approximate surface area is 161 Å². The summed E-state index contributed by atoms with van der Waals surface area (Å²) in [6.07, 6.45) is -0.0111. The zero-order valence-electron chi connectivity index (χ0n) is 16.7. The molecule has 0 aliphatic carbocycles. The summed E-state index contributed by atoms with van der Waals surface area (Å²) in [6, 6.07) is 7.59. The zero-order chi connectivity index (χ0) is 20.6. The number of hydrogen-bond acceptors (Lipinski definition) is 4. The molecule has 0 spiro atoms. The average Bonchev–Trinajstić information content (AvgIpc) is 2.52. The molecule has 0 aromatic heterocycles. The van der Waals surface area contributed by atoms with Gasteiger partial charge in [0.25, 0.3) is 0 Å². The number of rotatable bonds is 8. The number of nitrogens with two attached hydrogens (primary N) is 1. The van der Waals surface area contributed by atoms with Crippen LogP contribution in [0.3, 0.4) is 0 Å². The number of primary amides is 1. The van der Waals surface area contributed by atoms with Gasteiger partial charge in [-0.15, -0.1) is 0 Å². The van der Waals surface area contributed by atoms with E-state index in [-0.39, 0.29) is 12.3 Å². The highest BCUT2D eigenvalue weighted by atomic mass is 16.6. The minimum Gasteiger partial charge on any atom is -0.444 e. The fourth-order valence-corrected chi connectivity index (χ4v) is 2.50. The number of carbonyl (C=O) groups is 3. The van der Waals surface area contributed by atoms with Crippen molar-refractivity contribution < 1.29 is 19.1 Å². The van der Waals surface area contributed by atoms with E-state index in [0.29, 0.717) is 6.42 Å². The molecule has 1 aromatic rings. The molecule has 1 rings (SSSR count). The van der Waals surface area contributed by atoms with E-state index < -0.39 is 35.6 Å². The molecule has 0 fully saturated rings. The largest absolute Gasteiger partial charge is 0.444 e. The van der Waals surface area contributed by atoms with E-state index in [2.05, 4.69) is 10.6 Å². The molecule has 0 aliphatic rings. The first-order chi connectivity index (χ1) is 12.5. The normalized spacial score (nSPS) is 13.6. The highest BCUT2D eigenvalue weighted by molar-refractivity contribution is 5.90. The molecule has 4 N–H and O–H groups in total. The fourth-order valence-electron chi connectivity index (χ4n) is 2.50. The molecular weight excluding hydrogens is 346 g/mol. The molecule has 3 amide bonds. The molecule has 2 atom stereocenters. The van der Waals surface area contributed by atoms with Gasteiger partial charge in [0.05, 0.1) is 0 Å². The number of nitrogens with one attached hydrogen (secondary N) is 2. The summed E-state index contributed by atoms with van der Waals surface area (Å²) in [5.74, 6) is -0.906. The highest BCUT2D eigenvalue weighted by Crippen LogP contribution is 2.10. The van der Waals surface area contributed by atoms with Crippen LogP contribution in [0.25, 0.3) is 0 Å². The van der Waals surface area contributed by atoms with E-state index in [1.54, 1.807) is 20.8 Å². The lowest BCUT2D eigenvalue weighted by molar-refractivity contribution is -0.128. The Balaban J connectivity index is 2.92. The first-order valence-corrected chi connectivity index (χ1v) is 9.11. The van der Waals surface area contributed by atoms with Gasteiger partial charge >= 0.3 is 6.09 Å². The standard InChI is InChI=1S/C20H31N3O4/c1-13(2)11-15(17(21)24)22-18(25)16(12-14-9-7-6-8-10-14)23-19(26)27-20(3,4)5/h6-10,13,15-16H,11-12H2,1-5H3,(H2,21,24)(H,22,25)(H,23,26)/t15-,16-/m0/s1. The van der Waals surface area contributed by atoms with Gasteiger partial charge in [-0.05, 0) is 38.7 Å². The number of ether oxygens (including phenoxy) is 1. The van der Waals surface area contributed by atoms with Gasteiger partial charge in [-0.25, -0.2) is 4.79 Å². The van der Waals surface area contributed by atoms with Crippen molar-refractivity contribution in [3.63, 3.8) is 0 Å². The van der Waals surface area contributed by atoms with Crippen LogP contribution in [0, 0.1) is 5.92 Å². The van der Waals surface area contributed by atoms with Gasteiger partial charge in [0.15, 0.2) is 0 Å². The van der Waals surface area contributed by atoms with Crippen LogP contribution in [0.5, 0.6) is 0 Å². The van der Waals surface area contributed by atoms with E-state index in [4.69, 9.17) is 10.5 Å². The van der Waals surface area contributed by atoms with E-state index in [1.165, 1.54) is 0 Å². The van der Waals surface area contributed by atoms with Crippen LogP contribution in [0.15, 0.2) is 30.3 Å². The number of alkyl carbamates (subject to hydrolysis) is 1. The number of hydrogen-bond donors (Lipinski definition) is 3. The van der Waals surface area contributed by atoms with E-state index in [9.17, 15) is 14.4 Å². The Morgan fingerprint density at radius 2 is 1.63 bits per heavy atom. The van der Waals surface area contributed by atoms with Crippen LogP contribution in [0.4, 0.5) is 4.79 Å². The van der Waals surface area contributed by atoms with Crippen LogP contribution in [0.1, 0.15) is 46.6 Å². The molecule has 7 heteroatoms. The predicted octanol–water partition coefficient (Wildman–Crippen LogP) is 2.14. The maximum Gasteiger partial charge on any atom is 0.408 e. The summed E-state index contributed by atoms with van der Waals surface area (Å²) in [4.78, 5) is 36.6. The van der Waals surface area contributed by atoms with Crippen molar-refractivity contribution in [2.24, 2.45) is 11.7 Å². The van der Waals surface area contributed by atoms with Crippen LogP contribution in [-0.4, -0.2) is 35.6 Å². The van der Waals surface area contributed by atoms with Crippen LogP contribution in [-0.2, 0) is 20.7 Å². The minimum atomic E-state index is -0.892. The molecule has 0 heterocycles. The summed E-state index contributed by atoms with van der Waals surface area (Å²) in [6.45, 7) is 9.09. The van der Waals surface area contributed by atoms with Crippen molar-refractivity contribution in [1.82, 2.24) is 10.6 Å². The molecule has 0 aliphatic heterocycles. The highest BCUT2D eigenvalue weighted by Gasteiger charge is 2.28. The number of benzene rings is 1. The van der Waals surface area contributed by atoms with Gasteiger partial charge in [-0.2, -0.15) is 0 Å². The van der Waals surface area contributed by atoms with Gasteiger partial charge in [0, 0.05) is 6.42 Å². The third-order valence-corrected chi connectivity index (χ3v) is 3.66. The third-order valence-electron chi connectivity index (χ3n) is 3.66. The van der Waals surface area contributed by atoms with Crippen LogP contribution in [0.2, 0.25) is 0 Å². The Bertz CT molecular complexity index is 638. The quantitative estimate of drug-likeness (QED) is 0.644. The van der Waals surface area contributed by atoms with Crippen molar-refractivity contribution in [2.75, 3.05) is 0 Å². The molecule has 0 saturated carbocycles. The maximum atomic E-state index is 12.8. The SMILES string of the molecule is CC(C)C[C@H](NC(=O)[C@H](Cc1ccccc1)NC(=O)OC(C)(C)C)C(N)=O. The fraction of sp³-hybridized carbons (Fsp3) is 0.550. The molecule has 0 unspecified atom stereocenters. The number of amides is 3. The molecule has 0 radical (unpaired) electrons. The van der Waals surface area contributed by atoms with Gasteiger partial charge in [-0.1, -0.05) is 44.2 Å². The molecule has 0 saturated heterocycles. The first kappa shape index (κ1) is 22.5.